The van der Waals surface area contributed by atoms with Crippen LogP contribution in [-0.2, 0) is 0 Å². The van der Waals surface area contributed by atoms with E-state index >= 15 is 0 Å². The van der Waals surface area contributed by atoms with E-state index in [9.17, 15) is 0 Å². The Kier molecular flexibility index (Phi) is 3.41. The molecule has 2 aromatic heterocycles. The third-order valence-corrected chi connectivity index (χ3v) is 2.35. The van der Waals surface area contributed by atoms with E-state index in [2.05, 4.69) is 21.5 Å². The maximum Gasteiger partial charge on any atom is 0.243 e. The highest BCUT2D eigenvalue weighted by atomic mass is 35.5. The van der Waals surface area contributed by atoms with Crippen LogP contribution in [0.15, 0.2) is 30.5 Å². The fourth-order valence-electron chi connectivity index (χ4n) is 1.37. The quantitative estimate of drug-likeness (QED) is 0.656. The van der Waals surface area contributed by atoms with Crippen LogP contribution in [0.3, 0.4) is 0 Å². The van der Waals surface area contributed by atoms with E-state index in [1.807, 2.05) is 19.1 Å². The van der Waals surface area contributed by atoms with Crippen molar-refractivity contribution in [1.29, 1.82) is 0 Å². The number of rotatable bonds is 4. The minimum atomic E-state index is 0.631. The molecule has 16 heavy (non-hydrogen) atoms. The van der Waals surface area contributed by atoms with Crippen LogP contribution in [-0.4, -0.2) is 21.1 Å². The number of aromatic nitrogens is 3. The average molecular weight is 237 g/mol. The average Bonchev–Trinajstić information content (AvgIpc) is 2.66. The van der Waals surface area contributed by atoms with Crippen molar-refractivity contribution in [3.05, 3.63) is 35.5 Å². The number of nitrogens with one attached hydrogen (secondary N) is 1. The molecule has 0 aliphatic carbocycles. The molecule has 5 heteroatoms. The topological polar surface area (TPSA) is 42.2 Å². The Morgan fingerprint density at radius 2 is 2.38 bits per heavy atom. The highest BCUT2D eigenvalue weighted by molar-refractivity contribution is 6.30. The molecule has 1 N–H and O–H groups in total. The van der Waals surface area contributed by atoms with E-state index in [4.69, 9.17) is 11.6 Å². The summed E-state index contributed by atoms with van der Waals surface area (Å²) in [4.78, 5) is 4.31. The number of anilines is 1. The lowest BCUT2D eigenvalue weighted by Gasteiger charge is -1.96. The predicted octanol–water partition coefficient (Wildman–Crippen LogP) is 2.76. The molecule has 0 atom stereocenters. The summed E-state index contributed by atoms with van der Waals surface area (Å²) in [5, 5.41) is 8.06. The summed E-state index contributed by atoms with van der Waals surface area (Å²) < 4.78 is 1.67. The van der Waals surface area contributed by atoms with E-state index in [-0.39, 0.29) is 0 Å². The van der Waals surface area contributed by atoms with Crippen LogP contribution in [0.25, 0.3) is 5.65 Å². The van der Waals surface area contributed by atoms with Gasteiger partial charge in [-0.3, -0.25) is 0 Å². The van der Waals surface area contributed by atoms with Crippen molar-refractivity contribution in [2.24, 2.45) is 0 Å². The first-order valence-electron chi connectivity index (χ1n) is 5.16. The maximum absolute atomic E-state index is 5.86. The Balaban J connectivity index is 2.08. The number of nitrogens with zero attached hydrogens (tertiary/aromatic N) is 3. The minimum absolute atomic E-state index is 0.631. The van der Waals surface area contributed by atoms with Crippen molar-refractivity contribution < 1.29 is 0 Å². The molecule has 0 fully saturated rings. The zero-order valence-electron chi connectivity index (χ0n) is 9.02. The van der Waals surface area contributed by atoms with Crippen molar-refractivity contribution >= 4 is 23.2 Å². The van der Waals surface area contributed by atoms with Gasteiger partial charge >= 0.3 is 0 Å². The summed E-state index contributed by atoms with van der Waals surface area (Å²) in [6.45, 7) is 2.83. The molecular weight excluding hydrogens is 224 g/mol. The monoisotopic (exact) mass is 236 g/mol. The number of allylic oxidation sites excluding steroid dienone is 1. The molecule has 0 aliphatic rings. The van der Waals surface area contributed by atoms with Gasteiger partial charge in [-0.15, -0.1) is 5.10 Å². The van der Waals surface area contributed by atoms with Crippen molar-refractivity contribution in [2.75, 3.05) is 11.9 Å². The fourth-order valence-corrected chi connectivity index (χ4v) is 1.52. The summed E-state index contributed by atoms with van der Waals surface area (Å²) >= 11 is 5.86. The number of pyridine rings is 1. The summed E-state index contributed by atoms with van der Waals surface area (Å²) in [6, 6.07) is 3.64. The van der Waals surface area contributed by atoms with E-state index in [1.165, 1.54) is 0 Å². The molecule has 0 amide bonds. The Labute approximate surface area is 98.9 Å². The Morgan fingerprint density at radius 3 is 3.19 bits per heavy atom. The smallest absolute Gasteiger partial charge is 0.243 e. The molecule has 0 aromatic carbocycles. The normalized spacial score (nSPS) is 11.4. The van der Waals surface area contributed by atoms with Gasteiger partial charge in [-0.2, -0.15) is 4.98 Å². The molecule has 2 aromatic rings. The standard InChI is InChI=1S/C11H13ClN4/c1-2-3-4-7-13-11-14-10-6-5-9(12)8-16(10)15-11/h2-3,5-6,8H,4,7H2,1H3,(H,13,15)/b3-2+. The first kappa shape index (κ1) is 11.0. The van der Waals surface area contributed by atoms with Gasteiger partial charge in [-0.05, 0) is 25.5 Å². The first-order valence-corrected chi connectivity index (χ1v) is 5.54. The first-order chi connectivity index (χ1) is 7.79. The zero-order chi connectivity index (χ0) is 11.4. The van der Waals surface area contributed by atoms with Crippen LogP contribution in [0.2, 0.25) is 5.02 Å². The maximum atomic E-state index is 5.86. The zero-order valence-corrected chi connectivity index (χ0v) is 9.78. The third kappa shape index (κ3) is 2.52. The third-order valence-electron chi connectivity index (χ3n) is 2.12. The summed E-state index contributed by atoms with van der Waals surface area (Å²) in [6.07, 6.45) is 6.83. The van der Waals surface area contributed by atoms with Crippen molar-refractivity contribution in [2.45, 2.75) is 13.3 Å². The molecule has 0 bridgehead atoms. The second-order valence-corrected chi connectivity index (χ2v) is 3.81. The van der Waals surface area contributed by atoms with Crippen molar-refractivity contribution in [3.8, 4) is 0 Å². The lowest BCUT2D eigenvalue weighted by atomic mass is 10.4. The molecule has 2 heterocycles. The van der Waals surface area contributed by atoms with Crippen LogP contribution >= 0.6 is 11.6 Å². The molecule has 0 saturated carbocycles. The SMILES string of the molecule is C/C=C/CCNc1nc2ccc(Cl)cn2n1. The van der Waals surface area contributed by atoms with E-state index in [1.54, 1.807) is 16.8 Å². The van der Waals surface area contributed by atoms with Gasteiger partial charge in [0, 0.05) is 12.7 Å². The van der Waals surface area contributed by atoms with Crippen LogP contribution < -0.4 is 5.32 Å². The lowest BCUT2D eigenvalue weighted by Crippen LogP contribution is -2.01. The van der Waals surface area contributed by atoms with E-state index in [0.29, 0.717) is 11.0 Å². The number of hydrogen-bond acceptors (Lipinski definition) is 3. The van der Waals surface area contributed by atoms with Gasteiger partial charge in [0.05, 0.1) is 5.02 Å². The largest absolute Gasteiger partial charge is 0.353 e. The van der Waals surface area contributed by atoms with Gasteiger partial charge in [0.2, 0.25) is 5.95 Å². The highest BCUT2D eigenvalue weighted by Gasteiger charge is 2.01. The molecule has 0 aliphatic heterocycles. The molecule has 84 valence electrons. The minimum Gasteiger partial charge on any atom is -0.353 e. The number of halogens is 1. The Hall–Kier alpha value is -1.55. The van der Waals surface area contributed by atoms with Crippen LogP contribution in [0.5, 0.6) is 0 Å². The number of hydrogen-bond donors (Lipinski definition) is 1. The summed E-state index contributed by atoms with van der Waals surface area (Å²) in [5.74, 6) is 0.631. The van der Waals surface area contributed by atoms with Gasteiger partial charge in [0.25, 0.3) is 0 Å². The Morgan fingerprint density at radius 1 is 1.50 bits per heavy atom. The second kappa shape index (κ2) is 4.99. The van der Waals surface area contributed by atoms with E-state index < -0.39 is 0 Å². The molecule has 0 unspecified atom stereocenters. The van der Waals surface area contributed by atoms with Crippen LogP contribution in [0.1, 0.15) is 13.3 Å². The molecule has 0 saturated heterocycles. The molecule has 2 rings (SSSR count). The van der Waals surface area contributed by atoms with Crippen molar-refractivity contribution in [3.63, 3.8) is 0 Å². The van der Waals surface area contributed by atoms with Gasteiger partial charge in [-0.25, -0.2) is 4.52 Å². The molecular formula is C11H13ClN4. The van der Waals surface area contributed by atoms with Gasteiger partial charge in [0.1, 0.15) is 0 Å². The second-order valence-electron chi connectivity index (χ2n) is 3.37. The lowest BCUT2D eigenvalue weighted by molar-refractivity contribution is 0.945. The molecule has 0 radical (unpaired) electrons. The molecule has 4 nitrogen and oxygen atoms in total. The van der Waals surface area contributed by atoms with E-state index in [0.717, 1.165) is 18.6 Å². The van der Waals surface area contributed by atoms with Crippen LogP contribution in [0, 0.1) is 0 Å². The molecule has 0 spiro atoms. The fraction of sp³-hybridized carbons (Fsp3) is 0.273. The summed E-state index contributed by atoms with van der Waals surface area (Å²) in [7, 11) is 0. The Bertz CT molecular complexity index is 504. The number of fused-ring (bicyclic) bond motifs is 1. The van der Waals surface area contributed by atoms with Crippen LogP contribution in [0.4, 0.5) is 5.95 Å². The van der Waals surface area contributed by atoms with Gasteiger partial charge < -0.3 is 5.32 Å². The van der Waals surface area contributed by atoms with Gasteiger partial charge in [0.15, 0.2) is 5.65 Å². The highest BCUT2D eigenvalue weighted by Crippen LogP contribution is 2.11. The predicted molar refractivity (Wildman–Crippen MR) is 65.9 cm³/mol. The van der Waals surface area contributed by atoms with Gasteiger partial charge in [-0.1, -0.05) is 23.8 Å². The summed E-state index contributed by atoms with van der Waals surface area (Å²) in [5.41, 5.74) is 0.790. The van der Waals surface area contributed by atoms with Crippen molar-refractivity contribution in [1.82, 2.24) is 14.6 Å².